The van der Waals surface area contributed by atoms with Crippen molar-refractivity contribution in [1.29, 1.82) is 0 Å². The Labute approximate surface area is 165 Å². The smallest absolute Gasteiger partial charge is 0.159 e. The van der Waals surface area contributed by atoms with Crippen LogP contribution in [0, 0.1) is 5.92 Å². The average molecular weight is 366 g/mol. The Balaban J connectivity index is 2.25. The molecule has 0 radical (unpaired) electrons. The van der Waals surface area contributed by atoms with E-state index in [0.29, 0.717) is 5.92 Å². The first-order valence-electron chi connectivity index (χ1n) is 10.5. The lowest BCUT2D eigenvalue weighted by atomic mass is 9.62. The van der Waals surface area contributed by atoms with Gasteiger partial charge in [-0.2, -0.15) is 0 Å². The fourth-order valence-electron chi connectivity index (χ4n) is 4.41. The molecule has 2 aromatic rings. The van der Waals surface area contributed by atoms with Crippen LogP contribution in [-0.4, -0.2) is 5.16 Å². The maximum atomic E-state index is 5.40. The number of aryl methyl sites for hydroxylation is 1. The van der Waals surface area contributed by atoms with Crippen molar-refractivity contribution < 1.29 is 4.52 Å². The van der Waals surface area contributed by atoms with Crippen LogP contribution in [-0.2, 0) is 17.3 Å². The third-order valence-electron chi connectivity index (χ3n) is 6.28. The third kappa shape index (κ3) is 3.90. The van der Waals surface area contributed by atoms with E-state index in [9.17, 15) is 0 Å². The van der Waals surface area contributed by atoms with Crippen molar-refractivity contribution >= 4 is 11.6 Å². The molecule has 3 rings (SSSR count). The first kappa shape index (κ1) is 19.9. The highest BCUT2D eigenvalue weighted by atomic mass is 16.5. The second-order valence-corrected chi connectivity index (χ2v) is 9.74. The number of fused-ring (bicyclic) bond motifs is 1. The molecule has 2 nitrogen and oxygen atoms in total. The number of allylic oxidation sites excluding steroid dienone is 1. The number of hydrogen-bond acceptors (Lipinski definition) is 2. The molecule has 0 N–H and O–H groups in total. The fourth-order valence-corrected chi connectivity index (χ4v) is 4.41. The Morgan fingerprint density at radius 3 is 2.26 bits per heavy atom. The summed E-state index contributed by atoms with van der Waals surface area (Å²) in [6.45, 7) is 16.4. The summed E-state index contributed by atoms with van der Waals surface area (Å²) in [5, 5.41) is 3.88. The summed E-state index contributed by atoms with van der Waals surface area (Å²) in [6.07, 6.45) is 8.66. The lowest BCUT2D eigenvalue weighted by Gasteiger charge is -2.42. The zero-order chi connectivity index (χ0) is 19.8. The van der Waals surface area contributed by atoms with Crippen molar-refractivity contribution in [1.82, 2.24) is 5.16 Å². The van der Waals surface area contributed by atoms with Gasteiger partial charge in [-0.3, -0.25) is 0 Å². The number of hydrogen-bond donors (Lipinski definition) is 0. The van der Waals surface area contributed by atoms with Gasteiger partial charge in [-0.1, -0.05) is 72.2 Å². The standard InChI is InChI=1S/C25H35NO/c1-8-9-18-14-22-23(25(6,7)12-11-24(22,4)5)16-21(18)20(17(2)3)15-19-10-13-26-27-19/h10,13-17H,8-9,11-12H2,1-7H3/b20-15+. The molecule has 1 aromatic carbocycles. The molecule has 0 bridgehead atoms. The van der Waals surface area contributed by atoms with Gasteiger partial charge in [-0.15, -0.1) is 0 Å². The Kier molecular flexibility index (Phi) is 5.38. The Morgan fingerprint density at radius 1 is 1.11 bits per heavy atom. The summed E-state index contributed by atoms with van der Waals surface area (Å²) in [4.78, 5) is 0. The van der Waals surface area contributed by atoms with Crippen LogP contribution in [0.25, 0.3) is 11.6 Å². The van der Waals surface area contributed by atoms with Gasteiger partial charge in [0.25, 0.3) is 0 Å². The summed E-state index contributed by atoms with van der Waals surface area (Å²) in [5.41, 5.74) is 7.76. The molecule has 1 aromatic heterocycles. The molecule has 0 atom stereocenters. The Morgan fingerprint density at radius 2 is 1.74 bits per heavy atom. The molecule has 1 aliphatic carbocycles. The van der Waals surface area contributed by atoms with Crippen molar-refractivity contribution in [3.05, 3.63) is 52.4 Å². The Hall–Kier alpha value is -1.83. The van der Waals surface area contributed by atoms with Gasteiger partial charge in [-0.25, -0.2) is 0 Å². The molecular formula is C25H35NO. The van der Waals surface area contributed by atoms with E-state index in [1.54, 1.807) is 11.8 Å². The highest BCUT2D eigenvalue weighted by Gasteiger charge is 2.37. The normalized spacial score (nSPS) is 18.6. The second kappa shape index (κ2) is 7.30. The van der Waals surface area contributed by atoms with Crippen LogP contribution in [0.3, 0.4) is 0 Å². The summed E-state index contributed by atoms with van der Waals surface area (Å²) < 4.78 is 5.40. The highest BCUT2D eigenvalue weighted by Crippen LogP contribution is 2.47. The third-order valence-corrected chi connectivity index (χ3v) is 6.28. The molecule has 0 amide bonds. The van der Waals surface area contributed by atoms with Crippen molar-refractivity contribution in [2.75, 3.05) is 0 Å². The van der Waals surface area contributed by atoms with Crippen LogP contribution in [0.15, 0.2) is 28.9 Å². The van der Waals surface area contributed by atoms with Crippen LogP contribution in [0.2, 0.25) is 0 Å². The monoisotopic (exact) mass is 365 g/mol. The van der Waals surface area contributed by atoms with E-state index in [0.717, 1.165) is 18.6 Å². The van der Waals surface area contributed by atoms with Gasteiger partial charge in [-0.05, 0) is 69.9 Å². The van der Waals surface area contributed by atoms with E-state index < -0.39 is 0 Å². The lowest BCUT2D eigenvalue weighted by molar-refractivity contribution is 0.331. The van der Waals surface area contributed by atoms with Gasteiger partial charge in [0.15, 0.2) is 5.76 Å². The maximum absolute atomic E-state index is 5.40. The predicted octanol–water partition coefficient (Wildman–Crippen LogP) is 7.17. The number of aromatic nitrogens is 1. The van der Waals surface area contributed by atoms with E-state index in [4.69, 9.17) is 4.52 Å². The number of rotatable bonds is 5. The molecule has 0 unspecified atom stereocenters. The minimum atomic E-state index is 0.221. The predicted molar refractivity (Wildman–Crippen MR) is 115 cm³/mol. The largest absolute Gasteiger partial charge is 0.357 e. The maximum Gasteiger partial charge on any atom is 0.159 e. The van der Waals surface area contributed by atoms with Crippen molar-refractivity contribution in [2.24, 2.45) is 5.92 Å². The zero-order valence-corrected chi connectivity index (χ0v) is 18.1. The molecule has 146 valence electrons. The molecular weight excluding hydrogens is 330 g/mol. The first-order valence-corrected chi connectivity index (χ1v) is 10.5. The minimum absolute atomic E-state index is 0.221. The molecule has 27 heavy (non-hydrogen) atoms. The van der Waals surface area contributed by atoms with E-state index in [2.05, 4.69) is 71.8 Å². The lowest BCUT2D eigenvalue weighted by Crippen LogP contribution is -2.34. The second-order valence-electron chi connectivity index (χ2n) is 9.74. The van der Waals surface area contributed by atoms with Crippen LogP contribution >= 0.6 is 0 Å². The molecule has 1 heterocycles. The quantitative estimate of drug-likeness (QED) is 0.561. The van der Waals surface area contributed by atoms with E-state index >= 15 is 0 Å². The molecule has 2 heteroatoms. The SMILES string of the molecule is CCCc1cc2c(cc1/C(=C/c1ccno1)C(C)C)C(C)(C)CCC2(C)C. The van der Waals surface area contributed by atoms with Gasteiger partial charge in [0, 0.05) is 6.07 Å². The summed E-state index contributed by atoms with van der Waals surface area (Å²) in [5.74, 6) is 1.25. The molecule has 0 saturated carbocycles. The zero-order valence-electron chi connectivity index (χ0n) is 18.1. The van der Waals surface area contributed by atoms with Gasteiger partial charge in [0.1, 0.15) is 0 Å². The Bertz CT molecular complexity index is 822. The van der Waals surface area contributed by atoms with E-state index in [-0.39, 0.29) is 10.8 Å². The molecule has 1 aliphatic rings. The molecule has 0 spiro atoms. The topological polar surface area (TPSA) is 26.0 Å². The van der Waals surface area contributed by atoms with Gasteiger partial charge >= 0.3 is 0 Å². The van der Waals surface area contributed by atoms with Gasteiger partial charge in [0.2, 0.25) is 0 Å². The number of benzene rings is 1. The van der Waals surface area contributed by atoms with Gasteiger partial charge in [0.05, 0.1) is 6.20 Å². The van der Waals surface area contributed by atoms with E-state index in [1.807, 2.05) is 6.07 Å². The molecule has 0 aliphatic heterocycles. The van der Waals surface area contributed by atoms with Crippen molar-refractivity contribution in [2.45, 2.75) is 85.0 Å². The van der Waals surface area contributed by atoms with Crippen LogP contribution < -0.4 is 0 Å². The van der Waals surface area contributed by atoms with Crippen molar-refractivity contribution in [3.8, 4) is 0 Å². The number of nitrogens with zero attached hydrogens (tertiary/aromatic N) is 1. The summed E-state index contributed by atoms with van der Waals surface area (Å²) in [6, 6.07) is 6.96. The van der Waals surface area contributed by atoms with Gasteiger partial charge < -0.3 is 4.52 Å². The highest BCUT2D eigenvalue weighted by molar-refractivity contribution is 5.83. The first-order chi connectivity index (χ1) is 12.7. The summed E-state index contributed by atoms with van der Waals surface area (Å²) >= 11 is 0. The summed E-state index contributed by atoms with van der Waals surface area (Å²) in [7, 11) is 0. The molecule has 0 fully saturated rings. The average Bonchev–Trinajstić information content (AvgIpc) is 3.10. The van der Waals surface area contributed by atoms with Crippen molar-refractivity contribution in [3.63, 3.8) is 0 Å². The van der Waals surface area contributed by atoms with Crippen LogP contribution in [0.5, 0.6) is 0 Å². The van der Waals surface area contributed by atoms with Crippen LogP contribution in [0.4, 0.5) is 0 Å². The minimum Gasteiger partial charge on any atom is -0.357 e. The fraction of sp³-hybridized carbons (Fsp3) is 0.560. The van der Waals surface area contributed by atoms with Crippen LogP contribution in [0.1, 0.15) is 95.7 Å². The van der Waals surface area contributed by atoms with E-state index in [1.165, 1.54) is 35.1 Å². The molecule has 0 saturated heterocycles.